The van der Waals surface area contributed by atoms with E-state index in [9.17, 15) is 5.11 Å². The molecule has 0 bridgehead atoms. The van der Waals surface area contributed by atoms with Crippen molar-refractivity contribution in [3.05, 3.63) is 23.8 Å². The number of phenolic OH excluding ortho intramolecular Hbond substituents is 1. The van der Waals surface area contributed by atoms with E-state index in [1.807, 2.05) is 6.07 Å². The molecule has 3 heteroatoms. The zero-order valence-electron chi connectivity index (χ0n) is 9.36. The summed E-state index contributed by atoms with van der Waals surface area (Å²) in [5, 5.41) is 9.53. The first-order chi connectivity index (χ1) is 7.13. The van der Waals surface area contributed by atoms with Gasteiger partial charge < -0.3 is 15.6 Å². The maximum Gasteiger partial charge on any atom is 0.119 e. The lowest BCUT2D eigenvalue weighted by Gasteiger charge is -2.10. The van der Waals surface area contributed by atoms with Crippen LogP contribution in [-0.4, -0.2) is 18.3 Å². The molecule has 0 amide bonds. The molecule has 3 N–H and O–H groups in total. The molecule has 84 valence electrons. The Hall–Kier alpha value is -1.22. The summed E-state index contributed by atoms with van der Waals surface area (Å²) in [4.78, 5) is 0. The third-order valence-electron chi connectivity index (χ3n) is 2.05. The number of hydrogen-bond donors (Lipinski definition) is 2. The normalized spacial score (nSPS) is 10.7. The van der Waals surface area contributed by atoms with E-state index in [1.54, 1.807) is 12.1 Å². The summed E-state index contributed by atoms with van der Waals surface area (Å²) in [5.74, 6) is 1.58. The summed E-state index contributed by atoms with van der Waals surface area (Å²) in [6.07, 6.45) is 0.671. The van der Waals surface area contributed by atoms with E-state index in [4.69, 9.17) is 10.5 Å². The van der Waals surface area contributed by atoms with Crippen LogP contribution < -0.4 is 10.5 Å². The molecule has 0 aliphatic rings. The van der Waals surface area contributed by atoms with Crippen molar-refractivity contribution in [2.75, 3.05) is 13.2 Å². The predicted molar refractivity (Wildman–Crippen MR) is 61.2 cm³/mol. The van der Waals surface area contributed by atoms with E-state index in [1.165, 1.54) is 0 Å². The monoisotopic (exact) mass is 209 g/mol. The van der Waals surface area contributed by atoms with Gasteiger partial charge in [0.2, 0.25) is 0 Å². The van der Waals surface area contributed by atoms with Crippen molar-refractivity contribution < 1.29 is 9.84 Å². The van der Waals surface area contributed by atoms with Crippen LogP contribution in [0.3, 0.4) is 0 Å². The second-order valence-corrected chi connectivity index (χ2v) is 4.03. The van der Waals surface area contributed by atoms with Gasteiger partial charge in [0.15, 0.2) is 0 Å². The van der Waals surface area contributed by atoms with Crippen LogP contribution in [0.2, 0.25) is 0 Å². The largest absolute Gasteiger partial charge is 0.508 e. The van der Waals surface area contributed by atoms with Crippen LogP contribution in [0.1, 0.15) is 19.4 Å². The summed E-state index contributed by atoms with van der Waals surface area (Å²) in [6, 6.07) is 5.28. The van der Waals surface area contributed by atoms with Gasteiger partial charge in [-0.05, 0) is 42.6 Å². The van der Waals surface area contributed by atoms with Gasteiger partial charge in [0, 0.05) is 0 Å². The summed E-state index contributed by atoms with van der Waals surface area (Å²) in [5.41, 5.74) is 6.30. The van der Waals surface area contributed by atoms with Crippen LogP contribution in [0.4, 0.5) is 0 Å². The molecule has 0 aromatic heterocycles. The molecule has 1 aromatic carbocycles. The van der Waals surface area contributed by atoms with Crippen molar-refractivity contribution >= 4 is 0 Å². The van der Waals surface area contributed by atoms with Crippen molar-refractivity contribution in [3.63, 3.8) is 0 Å². The number of hydrogen-bond acceptors (Lipinski definition) is 3. The molecule has 0 fully saturated rings. The fraction of sp³-hybridized carbons (Fsp3) is 0.500. The highest BCUT2D eigenvalue weighted by atomic mass is 16.5. The lowest BCUT2D eigenvalue weighted by atomic mass is 10.1. The minimum atomic E-state index is 0.289. The van der Waals surface area contributed by atoms with Crippen molar-refractivity contribution in [2.45, 2.75) is 20.3 Å². The number of ether oxygens (including phenoxy) is 1. The number of phenols is 1. The number of nitrogens with two attached hydrogens (primary N) is 1. The Morgan fingerprint density at radius 3 is 2.73 bits per heavy atom. The Kier molecular flexibility index (Phi) is 4.43. The average Bonchev–Trinajstić information content (AvgIpc) is 2.19. The molecule has 0 radical (unpaired) electrons. The second kappa shape index (κ2) is 5.61. The first-order valence-corrected chi connectivity index (χ1v) is 5.28. The Morgan fingerprint density at radius 1 is 1.40 bits per heavy atom. The van der Waals surface area contributed by atoms with Gasteiger partial charge in [-0.25, -0.2) is 0 Å². The minimum absolute atomic E-state index is 0.289. The van der Waals surface area contributed by atoms with Gasteiger partial charge in [0.25, 0.3) is 0 Å². The maximum atomic E-state index is 9.53. The molecule has 0 aliphatic carbocycles. The predicted octanol–water partition coefficient (Wildman–Crippen LogP) is 1.93. The molecule has 0 spiro atoms. The average molecular weight is 209 g/mol. The molecule has 0 saturated heterocycles. The highest BCUT2D eigenvalue weighted by molar-refractivity contribution is 5.39. The minimum Gasteiger partial charge on any atom is -0.508 e. The zero-order valence-corrected chi connectivity index (χ0v) is 9.36. The van der Waals surface area contributed by atoms with Gasteiger partial charge in [0.1, 0.15) is 11.5 Å². The smallest absolute Gasteiger partial charge is 0.119 e. The lowest BCUT2D eigenvalue weighted by molar-refractivity contribution is 0.270. The number of aromatic hydroxyl groups is 1. The third kappa shape index (κ3) is 3.80. The van der Waals surface area contributed by atoms with Crippen molar-refractivity contribution in [1.82, 2.24) is 0 Å². The van der Waals surface area contributed by atoms with Crippen LogP contribution in [0, 0.1) is 5.92 Å². The SMILES string of the molecule is CC(C)COc1ccc(O)c(CCN)c1. The first-order valence-electron chi connectivity index (χ1n) is 5.28. The van der Waals surface area contributed by atoms with Crippen molar-refractivity contribution in [2.24, 2.45) is 11.7 Å². The molecule has 0 unspecified atom stereocenters. The highest BCUT2D eigenvalue weighted by Crippen LogP contribution is 2.23. The Morgan fingerprint density at radius 2 is 2.13 bits per heavy atom. The van der Waals surface area contributed by atoms with E-state index >= 15 is 0 Å². The quantitative estimate of drug-likeness (QED) is 0.779. The first kappa shape index (κ1) is 11.9. The Bertz CT molecular complexity index is 310. The molecule has 1 aromatic rings. The fourth-order valence-corrected chi connectivity index (χ4v) is 1.27. The molecule has 0 saturated carbocycles. The topological polar surface area (TPSA) is 55.5 Å². The van der Waals surface area contributed by atoms with Gasteiger partial charge in [-0.2, -0.15) is 0 Å². The van der Waals surface area contributed by atoms with E-state index in [2.05, 4.69) is 13.8 Å². The zero-order chi connectivity index (χ0) is 11.3. The van der Waals surface area contributed by atoms with E-state index < -0.39 is 0 Å². The molecular weight excluding hydrogens is 190 g/mol. The fourth-order valence-electron chi connectivity index (χ4n) is 1.27. The summed E-state index contributed by atoms with van der Waals surface area (Å²) in [7, 11) is 0. The molecule has 3 nitrogen and oxygen atoms in total. The number of benzene rings is 1. The van der Waals surface area contributed by atoms with Gasteiger partial charge in [-0.1, -0.05) is 13.8 Å². The number of rotatable bonds is 5. The Balaban J connectivity index is 2.69. The van der Waals surface area contributed by atoms with Gasteiger partial charge >= 0.3 is 0 Å². The third-order valence-corrected chi connectivity index (χ3v) is 2.05. The molecule has 0 heterocycles. The van der Waals surface area contributed by atoms with Crippen molar-refractivity contribution in [3.8, 4) is 11.5 Å². The maximum absolute atomic E-state index is 9.53. The van der Waals surface area contributed by atoms with Gasteiger partial charge in [-0.3, -0.25) is 0 Å². The van der Waals surface area contributed by atoms with E-state index in [0.29, 0.717) is 25.5 Å². The molecular formula is C12H19NO2. The highest BCUT2D eigenvalue weighted by Gasteiger charge is 2.03. The van der Waals surface area contributed by atoms with E-state index in [0.717, 1.165) is 11.3 Å². The van der Waals surface area contributed by atoms with Crippen LogP contribution in [-0.2, 0) is 6.42 Å². The second-order valence-electron chi connectivity index (χ2n) is 4.03. The van der Waals surface area contributed by atoms with Crippen LogP contribution in [0.15, 0.2) is 18.2 Å². The van der Waals surface area contributed by atoms with Crippen LogP contribution in [0.25, 0.3) is 0 Å². The van der Waals surface area contributed by atoms with Crippen LogP contribution in [0.5, 0.6) is 11.5 Å². The van der Waals surface area contributed by atoms with Gasteiger partial charge in [0.05, 0.1) is 6.61 Å². The van der Waals surface area contributed by atoms with Gasteiger partial charge in [-0.15, -0.1) is 0 Å². The molecule has 1 rings (SSSR count). The molecule has 0 aliphatic heterocycles. The molecule has 15 heavy (non-hydrogen) atoms. The lowest BCUT2D eigenvalue weighted by Crippen LogP contribution is -2.06. The van der Waals surface area contributed by atoms with Crippen molar-refractivity contribution in [1.29, 1.82) is 0 Å². The molecule has 0 atom stereocenters. The summed E-state index contributed by atoms with van der Waals surface area (Å²) >= 11 is 0. The standard InChI is InChI=1S/C12H19NO2/c1-9(2)8-15-11-3-4-12(14)10(7-11)5-6-13/h3-4,7,9,14H,5-6,8,13H2,1-2H3. The summed E-state index contributed by atoms with van der Waals surface area (Å²) in [6.45, 7) is 5.41. The van der Waals surface area contributed by atoms with Crippen LogP contribution >= 0.6 is 0 Å². The Labute approximate surface area is 90.9 Å². The summed E-state index contributed by atoms with van der Waals surface area (Å²) < 4.78 is 5.56. The van der Waals surface area contributed by atoms with E-state index in [-0.39, 0.29) is 5.75 Å².